The minimum Gasteiger partial charge on any atom is -0.478 e. The molecule has 0 saturated carbocycles. The molecule has 22 heavy (non-hydrogen) atoms. The molecule has 1 aromatic carbocycles. The van der Waals surface area contributed by atoms with E-state index in [1.54, 1.807) is 12.1 Å². The zero-order valence-electron chi connectivity index (χ0n) is 11.4. The van der Waals surface area contributed by atoms with Crippen LogP contribution in [0.4, 0.5) is 13.2 Å². The summed E-state index contributed by atoms with van der Waals surface area (Å²) in [6, 6.07) is 7.07. The summed E-state index contributed by atoms with van der Waals surface area (Å²) >= 11 is 1.02. The molecule has 116 valence electrons. The summed E-state index contributed by atoms with van der Waals surface area (Å²) in [7, 11) is 0. The van der Waals surface area contributed by atoms with Crippen molar-refractivity contribution in [2.45, 2.75) is 24.0 Å². The quantitative estimate of drug-likeness (QED) is 0.683. The monoisotopic (exact) mass is 328 g/mol. The summed E-state index contributed by atoms with van der Waals surface area (Å²) in [6.07, 6.45) is -4.52. The van der Waals surface area contributed by atoms with Crippen molar-refractivity contribution in [2.75, 3.05) is 0 Å². The Morgan fingerprint density at radius 3 is 2.64 bits per heavy atom. The molecule has 0 aliphatic rings. The number of halogens is 3. The van der Waals surface area contributed by atoms with Crippen LogP contribution in [0.3, 0.4) is 0 Å². The molecule has 0 saturated heterocycles. The number of aromatic carboxylic acids is 1. The van der Waals surface area contributed by atoms with E-state index < -0.39 is 17.8 Å². The van der Waals surface area contributed by atoms with Gasteiger partial charge in [0.2, 0.25) is 0 Å². The Hall–Kier alpha value is -2.09. The maximum Gasteiger partial charge on any atom is 0.433 e. The number of nitrogens with zero attached hydrogens (tertiary/aromatic N) is 2. The highest BCUT2D eigenvalue weighted by Crippen LogP contribution is 2.30. The lowest BCUT2D eigenvalue weighted by atomic mass is 10.1. The van der Waals surface area contributed by atoms with Gasteiger partial charge in [0.1, 0.15) is 5.69 Å². The summed E-state index contributed by atoms with van der Waals surface area (Å²) in [5.41, 5.74) is 0.0358. The molecule has 0 unspecified atom stereocenters. The molecule has 0 amide bonds. The molecular formula is C14H11F3N2O2S. The summed E-state index contributed by atoms with van der Waals surface area (Å²) in [5, 5.41) is 8.91. The van der Waals surface area contributed by atoms with Gasteiger partial charge in [-0.3, -0.25) is 0 Å². The number of alkyl halides is 3. The van der Waals surface area contributed by atoms with E-state index in [-0.39, 0.29) is 22.2 Å². The van der Waals surface area contributed by atoms with E-state index in [1.165, 1.54) is 19.1 Å². The Morgan fingerprint density at radius 2 is 2.00 bits per heavy atom. The zero-order valence-corrected chi connectivity index (χ0v) is 12.2. The first-order valence-corrected chi connectivity index (χ1v) is 7.12. The predicted molar refractivity (Wildman–Crippen MR) is 74.7 cm³/mol. The first-order chi connectivity index (χ1) is 10.3. The smallest absolute Gasteiger partial charge is 0.433 e. The van der Waals surface area contributed by atoms with Crippen LogP contribution in [0.25, 0.3) is 0 Å². The fourth-order valence-corrected chi connectivity index (χ4v) is 2.54. The Kier molecular flexibility index (Phi) is 4.70. The number of hydrogen-bond donors (Lipinski definition) is 1. The number of carboxylic acids is 1. The van der Waals surface area contributed by atoms with Gasteiger partial charge in [0.05, 0.1) is 5.56 Å². The molecule has 1 aromatic heterocycles. The molecule has 0 radical (unpaired) electrons. The van der Waals surface area contributed by atoms with E-state index in [9.17, 15) is 18.0 Å². The normalized spacial score (nSPS) is 11.5. The molecule has 2 rings (SSSR count). The summed E-state index contributed by atoms with van der Waals surface area (Å²) < 4.78 is 38.1. The second kappa shape index (κ2) is 6.35. The van der Waals surface area contributed by atoms with E-state index in [4.69, 9.17) is 5.11 Å². The molecule has 1 heterocycles. The standard InChI is InChI=1S/C14H11F3N2O2S/c1-8-5-11(14(15,16)17)19-13(18-8)22-7-9-3-2-4-10(6-9)12(20)21/h2-6H,7H2,1H3,(H,20,21). The number of aryl methyl sites for hydroxylation is 1. The third kappa shape index (κ3) is 4.20. The minimum absolute atomic E-state index is 0.00746. The van der Waals surface area contributed by atoms with Gasteiger partial charge in [-0.25, -0.2) is 14.8 Å². The average molecular weight is 328 g/mol. The minimum atomic E-state index is -4.52. The van der Waals surface area contributed by atoms with Crippen molar-refractivity contribution < 1.29 is 23.1 Å². The molecule has 0 aliphatic carbocycles. The first kappa shape index (κ1) is 16.3. The first-order valence-electron chi connectivity index (χ1n) is 6.13. The third-order valence-electron chi connectivity index (χ3n) is 2.67. The van der Waals surface area contributed by atoms with Crippen LogP contribution >= 0.6 is 11.8 Å². The summed E-state index contributed by atoms with van der Waals surface area (Å²) in [6.45, 7) is 1.46. The van der Waals surface area contributed by atoms with Crippen molar-refractivity contribution in [1.82, 2.24) is 9.97 Å². The highest BCUT2D eigenvalue weighted by molar-refractivity contribution is 7.98. The van der Waals surface area contributed by atoms with Gasteiger partial charge in [0.15, 0.2) is 5.16 Å². The van der Waals surface area contributed by atoms with Crippen LogP contribution in [-0.2, 0) is 11.9 Å². The fraction of sp³-hybridized carbons (Fsp3) is 0.214. The van der Waals surface area contributed by atoms with Gasteiger partial charge in [-0.15, -0.1) is 0 Å². The number of aromatic nitrogens is 2. The molecule has 2 aromatic rings. The van der Waals surface area contributed by atoms with Gasteiger partial charge in [-0.05, 0) is 30.7 Å². The SMILES string of the molecule is Cc1cc(C(F)(F)F)nc(SCc2cccc(C(=O)O)c2)n1. The second-order valence-corrected chi connectivity index (χ2v) is 5.41. The van der Waals surface area contributed by atoms with Crippen molar-refractivity contribution >= 4 is 17.7 Å². The van der Waals surface area contributed by atoms with E-state index in [1.807, 2.05) is 0 Å². The van der Waals surface area contributed by atoms with Crippen molar-refractivity contribution in [3.05, 3.63) is 52.8 Å². The Morgan fingerprint density at radius 1 is 1.27 bits per heavy atom. The maximum absolute atomic E-state index is 12.7. The topological polar surface area (TPSA) is 63.1 Å². The van der Waals surface area contributed by atoms with E-state index in [2.05, 4.69) is 9.97 Å². The van der Waals surface area contributed by atoms with Gasteiger partial charge in [-0.1, -0.05) is 23.9 Å². The summed E-state index contributed by atoms with van der Waals surface area (Å²) in [5.74, 6) is -0.778. The van der Waals surface area contributed by atoms with Crippen LogP contribution in [0, 0.1) is 6.92 Å². The molecule has 8 heteroatoms. The molecule has 0 bridgehead atoms. The van der Waals surface area contributed by atoms with Crippen LogP contribution in [0.15, 0.2) is 35.5 Å². The lowest BCUT2D eigenvalue weighted by Gasteiger charge is -2.08. The molecule has 0 aliphatic heterocycles. The molecular weight excluding hydrogens is 317 g/mol. The largest absolute Gasteiger partial charge is 0.478 e. The number of carboxylic acid groups (broad SMARTS) is 1. The number of rotatable bonds is 4. The number of carbonyl (C=O) groups is 1. The Labute approximate surface area is 128 Å². The van der Waals surface area contributed by atoms with Crippen LogP contribution in [-0.4, -0.2) is 21.0 Å². The van der Waals surface area contributed by atoms with E-state index in [0.29, 0.717) is 5.56 Å². The van der Waals surface area contributed by atoms with Crippen LogP contribution in [0.2, 0.25) is 0 Å². The lowest BCUT2D eigenvalue weighted by Crippen LogP contribution is -2.10. The van der Waals surface area contributed by atoms with Crippen LogP contribution in [0.5, 0.6) is 0 Å². The van der Waals surface area contributed by atoms with Crippen LogP contribution < -0.4 is 0 Å². The second-order valence-electron chi connectivity index (χ2n) is 4.47. The van der Waals surface area contributed by atoms with Crippen molar-refractivity contribution in [2.24, 2.45) is 0 Å². The lowest BCUT2D eigenvalue weighted by molar-refractivity contribution is -0.141. The predicted octanol–water partition coefficient (Wildman–Crippen LogP) is 3.79. The van der Waals surface area contributed by atoms with Crippen LogP contribution in [0.1, 0.15) is 27.3 Å². The highest BCUT2D eigenvalue weighted by atomic mass is 32.2. The molecule has 0 spiro atoms. The Bertz CT molecular complexity index is 705. The highest BCUT2D eigenvalue weighted by Gasteiger charge is 2.33. The number of benzene rings is 1. The van der Waals surface area contributed by atoms with Crippen molar-refractivity contribution in [3.63, 3.8) is 0 Å². The van der Waals surface area contributed by atoms with Gasteiger partial charge >= 0.3 is 12.1 Å². The van der Waals surface area contributed by atoms with E-state index >= 15 is 0 Å². The fourth-order valence-electron chi connectivity index (χ4n) is 1.69. The average Bonchev–Trinajstić information content (AvgIpc) is 2.44. The van der Waals surface area contributed by atoms with Gasteiger partial charge in [0, 0.05) is 11.4 Å². The van der Waals surface area contributed by atoms with Crippen molar-refractivity contribution in [3.8, 4) is 0 Å². The molecule has 0 atom stereocenters. The Balaban J connectivity index is 2.16. The number of thioether (sulfide) groups is 1. The van der Waals surface area contributed by atoms with Gasteiger partial charge in [0.25, 0.3) is 0 Å². The van der Waals surface area contributed by atoms with Crippen molar-refractivity contribution in [1.29, 1.82) is 0 Å². The molecule has 1 N–H and O–H groups in total. The van der Waals surface area contributed by atoms with Gasteiger partial charge in [-0.2, -0.15) is 13.2 Å². The third-order valence-corrected chi connectivity index (χ3v) is 3.58. The number of hydrogen-bond acceptors (Lipinski definition) is 4. The molecule has 0 fully saturated rings. The summed E-state index contributed by atoms with van der Waals surface area (Å²) in [4.78, 5) is 18.3. The zero-order chi connectivity index (χ0) is 16.3. The van der Waals surface area contributed by atoms with E-state index in [0.717, 1.165) is 17.8 Å². The molecule has 4 nitrogen and oxygen atoms in total. The maximum atomic E-state index is 12.7. The van der Waals surface area contributed by atoms with Gasteiger partial charge < -0.3 is 5.11 Å².